The largest absolute Gasteiger partial charge is 0.460 e. The number of carbonyl (C=O) groups excluding carboxylic acids is 1. The van der Waals surface area contributed by atoms with Crippen LogP contribution in [-0.2, 0) is 14.3 Å². The molecule has 0 aromatic carbocycles. The molecular formula is C12H20O5. The van der Waals surface area contributed by atoms with Crippen molar-refractivity contribution in [1.29, 1.82) is 0 Å². The van der Waals surface area contributed by atoms with E-state index in [1.54, 1.807) is 6.08 Å². The van der Waals surface area contributed by atoms with Crippen LogP contribution >= 0.6 is 0 Å². The highest BCUT2D eigenvalue weighted by Crippen LogP contribution is 2.08. The summed E-state index contributed by atoms with van der Waals surface area (Å²) < 4.78 is 9.85. The van der Waals surface area contributed by atoms with Gasteiger partial charge in [-0.2, -0.15) is 0 Å². The molecule has 5 nitrogen and oxygen atoms in total. The molecule has 0 rings (SSSR count). The SMILES string of the molecule is C=CCOCCOC(=O)C(=C)C(O)CCCO. The van der Waals surface area contributed by atoms with Crippen LogP contribution in [0, 0.1) is 0 Å². The molecule has 98 valence electrons. The van der Waals surface area contributed by atoms with E-state index in [2.05, 4.69) is 13.2 Å². The molecule has 0 amide bonds. The summed E-state index contributed by atoms with van der Waals surface area (Å²) in [5.41, 5.74) is 0.00201. The standard InChI is InChI=1S/C12H20O5/c1-3-7-16-8-9-17-12(15)10(2)11(14)5-4-6-13/h3,11,13-14H,1-2,4-9H2. The Bertz CT molecular complexity index is 249. The predicted octanol–water partition coefficient (Wildman–Crippen LogP) is 0.422. The van der Waals surface area contributed by atoms with Gasteiger partial charge in [-0.1, -0.05) is 12.7 Å². The number of aliphatic hydroxyl groups is 2. The zero-order valence-corrected chi connectivity index (χ0v) is 9.93. The zero-order chi connectivity index (χ0) is 13.1. The third-order valence-electron chi connectivity index (χ3n) is 2.00. The fourth-order valence-electron chi connectivity index (χ4n) is 1.05. The number of hydrogen-bond donors (Lipinski definition) is 2. The van der Waals surface area contributed by atoms with E-state index < -0.39 is 12.1 Å². The first-order valence-corrected chi connectivity index (χ1v) is 5.47. The van der Waals surface area contributed by atoms with Crippen molar-refractivity contribution in [2.45, 2.75) is 18.9 Å². The summed E-state index contributed by atoms with van der Waals surface area (Å²) in [4.78, 5) is 11.4. The van der Waals surface area contributed by atoms with Crippen LogP contribution < -0.4 is 0 Å². The van der Waals surface area contributed by atoms with Crippen LogP contribution in [0.1, 0.15) is 12.8 Å². The van der Waals surface area contributed by atoms with E-state index in [9.17, 15) is 9.90 Å². The van der Waals surface area contributed by atoms with Gasteiger partial charge < -0.3 is 19.7 Å². The minimum atomic E-state index is -0.969. The van der Waals surface area contributed by atoms with E-state index >= 15 is 0 Å². The van der Waals surface area contributed by atoms with Crippen LogP contribution in [0.5, 0.6) is 0 Å². The van der Waals surface area contributed by atoms with Gasteiger partial charge >= 0.3 is 5.97 Å². The van der Waals surface area contributed by atoms with Gasteiger partial charge in [-0.05, 0) is 12.8 Å². The summed E-state index contributed by atoms with van der Waals surface area (Å²) in [6.07, 6.45) is 1.33. The predicted molar refractivity (Wildman–Crippen MR) is 63.4 cm³/mol. The summed E-state index contributed by atoms with van der Waals surface area (Å²) in [5.74, 6) is -0.641. The van der Waals surface area contributed by atoms with Gasteiger partial charge in [0.15, 0.2) is 0 Å². The molecule has 0 aliphatic rings. The highest BCUT2D eigenvalue weighted by atomic mass is 16.6. The van der Waals surface area contributed by atoms with E-state index in [1.807, 2.05) is 0 Å². The molecule has 2 N–H and O–H groups in total. The van der Waals surface area contributed by atoms with Gasteiger partial charge in [-0.15, -0.1) is 6.58 Å². The molecule has 0 spiro atoms. The summed E-state index contributed by atoms with van der Waals surface area (Å²) in [6, 6.07) is 0. The molecular weight excluding hydrogens is 224 g/mol. The van der Waals surface area contributed by atoms with Gasteiger partial charge in [-0.3, -0.25) is 0 Å². The second kappa shape index (κ2) is 10.0. The molecule has 0 fully saturated rings. The van der Waals surface area contributed by atoms with Gasteiger partial charge in [-0.25, -0.2) is 4.79 Å². The quantitative estimate of drug-likeness (QED) is 0.252. The lowest BCUT2D eigenvalue weighted by Crippen LogP contribution is -2.21. The van der Waals surface area contributed by atoms with E-state index in [-0.39, 0.29) is 31.8 Å². The van der Waals surface area contributed by atoms with Crippen molar-refractivity contribution >= 4 is 5.97 Å². The Labute approximate surface area is 101 Å². The molecule has 0 aliphatic carbocycles. The molecule has 0 aliphatic heterocycles. The van der Waals surface area contributed by atoms with Crippen LogP contribution in [0.3, 0.4) is 0 Å². The van der Waals surface area contributed by atoms with E-state index in [0.29, 0.717) is 13.0 Å². The summed E-state index contributed by atoms with van der Waals surface area (Å²) >= 11 is 0. The van der Waals surface area contributed by atoms with Crippen LogP contribution in [0.4, 0.5) is 0 Å². The molecule has 17 heavy (non-hydrogen) atoms. The lowest BCUT2D eigenvalue weighted by Gasteiger charge is -2.12. The Morgan fingerprint density at radius 2 is 2.12 bits per heavy atom. The van der Waals surface area contributed by atoms with Crippen molar-refractivity contribution < 1.29 is 24.5 Å². The number of aliphatic hydroxyl groups excluding tert-OH is 2. The number of rotatable bonds is 10. The lowest BCUT2D eigenvalue weighted by atomic mass is 10.1. The van der Waals surface area contributed by atoms with Crippen LogP contribution in [-0.4, -0.2) is 48.7 Å². The van der Waals surface area contributed by atoms with Crippen LogP contribution in [0.25, 0.3) is 0 Å². The number of esters is 1. The minimum Gasteiger partial charge on any atom is -0.460 e. The van der Waals surface area contributed by atoms with Crippen LogP contribution in [0.15, 0.2) is 24.8 Å². The number of hydrogen-bond acceptors (Lipinski definition) is 5. The zero-order valence-electron chi connectivity index (χ0n) is 9.93. The average Bonchev–Trinajstić information content (AvgIpc) is 2.34. The molecule has 1 unspecified atom stereocenters. The second-order valence-corrected chi connectivity index (χ2v) is 3.41. The summed E-state index contributed by atoms with van der Waals surface area (Å²) in [7, 11) is 0. The first kappa shape index (κ1) is 15.8. The van der Waals surface area contributed by atoms with E-state index in [0.717, 1.165) is 0 Å². The van der Waals surface area contributed by atoms with Crippen molar-refractivity contribution in [3.63, 3.8) is 0 Å². The Balaban J connectivity index is 3.73. The first-order valence-electron chi connectivity index (χ1n) is 5.47. The van der Waals surface area contributed by atoms with E-state index in [4.69, 9.17) is 14.6 Å². The highest BCUT2D eigenvalue weighted by molar-refractivity contribution is 5.88. The molecule has 0 bridgehead atoms. The summed E-state index contributed by atoms with van der Waals surface area (Å²) in [6.45, 7) is 7.68. The van der Waals surface area contributed by atoms with Crippen molar-refractivity contribution in [2.24, 2.45) is 0 Å². The van der Waals surface area contributed by atoms with Crippen LogP contribution in [0.2, 0.25) is 0 Å². The first-order chi connectivity index (χ1) is 8.13. The van der Waals surface area contributed by atoms with Gasteiger partial charge in [0.25, 0.3) is 0 Å². The maximum atomic E-state index is 11.4. The molecule has 0 saturated carbocycles. The third kappa shape index (κ3) is 7.68. The van der Waals surface area contributed by atoms with Crippen molar-refractivity contribution in [2.75, 3.05) is 26.4 Å². The Morgan fingerprint density at radius 3 is 2.71 bits per heavy atom. The Morgan fingerprint density at radius 1 is 1.41 bits per heavy atom. The normalized spacial score (nSPS) is 11.9. The second-order valence-electron chi connectivity index (χ2n) is 3.41. The van der Waals surface area contributed by atoms with Gasteiger partial charge in [0.1, 0.15) is 6.61 Å². The molecule has 0 aromatic rings. The molecule has 0 heterocycles. The Kier molecular flexibility index (Phi) is 9.33. The van der Waals surface area contributed by atoms with Crippen molar-refractivity contribution in [1.82, 2.24) is 0 Å². The van der Waals surface area contributed by atoms with Crippen molar-refractivity contribution in [3.8, 4) is 0 Å². The van der Waals surface area contributed by atoms with Gasteiger partial charge in [0, 0.05) is 6.61 Å². The molecule has 5 heteroatoms. The highest BCUT2D eigenvalue weighted by Gasteiger charge is 2.17. The fraction of sp³-hybridized carbons (Fsp3) is 0.583. The maximum Gasteiger partial charge on any atom is 0.336 e. The third-order valence-corrected chi connectivity index (χ3v) is 2.00. The minimum absolute atomic E-state index is 0.00201. The molecule has 0 aromatic heterocycles. The van der Waals surface area contributed by atoms with Gasteiger partial charge in [0.2, 0.25) is 0 Å². The topological polar surface area (TPSA) is 76.0 Å². The molecule has 1 atom stereocenters. The lowest BCUT2D eigenvalue weighted by molar-refractivity contribution is -0.141. The fourth-order valence-corrected chi connectivity index (χ4v) is 1.05. The van der Waals surface area contributed by atoms with Crippen molar-refractivity contribution in [3.05, 3.63) is 24.8 Å². The van der Waals surface area contributed by atoms with Gasteiger partial charge in [0.05, 0.1) is 24.9 Å². The molecule has 0 radical (unpaired) electrons. The smallest absolute Gasteiger partial charge is 0.336 e. The summed E-state index contributed by atoms with van der Waals surface area (Å²) in [5, 5.41) is 18.1. The average molecular weight is 244 g/mol. The molecule has 0 saturated heterocycles. The monoisotopic (exact) mass is 244 g/mol. The number of ether oxygens (including phenoxy) is 2. The maximum absolute atomic E-state index is 11.4. The Hall–Kier alpha value is -1.17. The number of carbonyl (C=O) groups is 1. The van der Waals surface area contributed by atoms with E-state index in [1.165, 1.54) is 0 Å².